The Labute approximate surface area is 137 Å². The third-order valence-corrected chi connectivity index (χ3v) is 3.80. The molecule has 118 valence electrons. The zero-order chi connectivity index (χ0) is 15.5. The molecule has 1 aromatic rings. The van der Waals surface area contributed by atoms with Crippen molar-refractivity contribution in [3.63, 3.8) is 0 Å². The van der Waals surface area contributed by atoms with Crippen molar-refractivity contribution in [1.82, 2.24) is 10.6 Å². The second kappa shape index (κ2) is 10.9. The highest BCUT2D eigenvalue weighted by atomic mass is 35.5. The van der Waals surface area contributed by atoms with E-state index >= 15 is 0 Å². The van der Waals surface area contributed by atoms with E-state index in [9.17, 15) is 4.79 Å². The predicted octanol–water partition coefficient (Wildman–Crippen LogP) is 3.82. The molecule has 0 aliphatic heterocycles. The minimum Gasteiger partial charge on any atom is -0.356 e. The molecule has 0 saturated carbocycles. The molecule has 1 aromatic carbocycles. The lowest BCUT2D eigenvalue weighted by atomic mass is 10.1. The van der Waals surface area contributed by atoms with Gasteiger partial charge in [-0.15, -0.1) is 0 Å². The number of rotatable bonds is 10. The number of benzene rings is 1. The van der Waals surface area contributed by atoms with Crippen molar-refractivity contribution >= 4 is 29.1 Å². The predicted molar refractivity (Wildman–Crippen MR) is 90.2 cm³/mol. The fraction of sp³-hybridized carbons (Fsp3) is 0.562. The van der Waals surface area contributed by atoms with Crippen LogP contribution >= 0.6 is 23.2 Å². The number of carbonyl (C=O) groups excluding carboxylic acids is 1. The summed E-state index contributed by atoms with van der Waals surface area (Å²) < 4.78 is 0. The van der Waals surface area contributed by atoms with Gasteiger partial charge in [0.25, 0.3) is 0 Å². The average Bonchev–Trinajstić information content (AvgIpc) is 2.45. The largest absolute Gasteiger partial charge is 0.356 e. The molecule has 0 radical (unpaired) electrons. The zero-order valence-electron chi connectivity index (χ0n) is 12.6. The molecular weight excluding hydrogens is 307 g/mol. The van der Waals surface area contributed by atoms with Gasteiger partial charge < -0.3 is 10.6 Å². The molecule has 21 heavy (non-hydrogen) atoms. The number of unbranched alkanes of at least 4 members (excludes halogenated alkanes) is 2. The molecule has 1 amide bonds. The Bertz CT molecular complexity index is 438. The second-order valence-corrected chi connectivity index (χ2v) is 5.89. The monoisotopic (exact) mass is 330 g/mol. The Hall–Kier alpha value is -0.770. The molecule has 5 heteroatoms. The van der Waals surface area contributed by atoms with Crippen LogP contribution in [0.2, 0.25) is 10.0 Å². The van der Waals surface area contributed by atoms with Gasteiger partial charge in [0.15, 0.2) is 0 Å². The van der Waals surface area contributed by atoms with Crippen LogP contribution in [0.5, 0.6) is 0 Å². The Morgan fingerprint density at radius 2 is 1.95 bits per heavy atom. The quantitative estimate of drug-likeness (QED) is 0.640. The van der Waals surface area contributed by atoms with E-state index in [0.717, 1.165) is 31.5 Å². The third kappa shape index (κ3) is 8.30. The molecule has 0 aromatic heterocycles. The van der Waals surface area contributed by atoms with E-state index in [4.69, 9.17) is 23.2 Å². The van der Waals surface area contributed by atoms with E-state index < -0.39 is 0 Å². The van der Waals surface area contributed by atoms with Gasteiger partial charge in [-0.05, 0) is 37.1 Å². The lowest BCUT2D eigenvalue weighted by Crippen LogP contribution is -2.29. The number of carbonyl (C=O) groups is 1. The lowest BCUT2D eigenvalue weighted by Gasteiger charge is -2.07. The Morgan fingerprint density at radius 3 is 2.67 bits per heavy atom. The Balaban J connectivity index is 2.07. The van der Waals surface area contributed by atoms with Crippen molar-refractivity contribution in [2.45, 2.75) is 39.0 Å². The van der Waals surface area contributed by atoms with Gasteiger partial charge in [0.05, 0.1) is 0 Å². The molecule has 0 bridgehead atoms. The van der Waals surface area contributed by atoms with Gasteiger partial charge in [-0.3, -0.25) is 4.79 Å². The van der Waals surface area contributed by atoms with Crippen LogP contribution in [0.15, 0.2) is 18.2 Å². The average molecular weight is 331 g/mol. The number of amides is 1. The maximum absolute atomic E-state index is 11.5. The topological polar surface area (TPSA) is 41.1 Å². The Kier molecular flexibility index (Phi) is 9.48. The molecule has 0 atom stereocenters. The number of halogens is 2. The first-order valence-corrected chi connectivity index (χ1v) is 8.30. The van der Waals surface area contributed by atoms with Crippen molar-refractivity contribution in [3.8, 4) is 0 Å². The van der Waals surface area contributed by atoms with Gasteiger partial charge >= 0.3 is 0 Å². The summed E-state index contributed by atoms with van der Waals surface area (Å²) in [5.74, 6) is 0.114. The molecule has 0 aliphatic carbocycles. The molecule has 0 saturated heterocycles. The summed E-state index contributed by atoms with van der Waals surface area (Å²) in [5, 5.41) is 7.52. The standard InChI is InChI=1S/C16H24Cl2N2O/c1-2-3-4-9-20-16(21)8-11-19-10-7-13-5-6-14(17)12-15(13)18/h5-6,12,19H,2-4,7-11H2,1H3,(H,20,21). The van der Waals surface area contributed by atoms with E-state index in [0.29, 0.717) is 23.0 Å². The van der Waals surface area contributed by atoms with E-state index in [1.165, 1.54) is 12.8 Å². The molecule has 0 heterocycles. The summed E-state index contributed by atoms with van der Waals surface area (Å²) in [4.78, 5) is 11.5. The Morgan fingerprint density at radius 1 is 1.14 bits per heavy atom. The van der Waals surface area contributed by atoms with Gasteiger partial charge in [-0.1, -0.05) is 49.0 Å². The summed E-state index contributed by atoms with van der Waals surface area (Å²) >= 11 is 12.0. The van der Waals surface area contributed by atoms with Gasteiger partial charge in [-0.2, -0.15) is 0 Å². The molecule has 1 rings (SSSR count). The summed E-state index contributed by atoms with van der Waals surface area (Å²) in [6, 6.07) is 5.53. The second-order valence-electron chi connectivity index (χ2n) is 5.04. The maximum atomic E-state index is 11.5. The van der Waals surface area contributed by atoms with Crippen LogP contribution in [0, 0.1) is 0 Å². The fourth-order valence-corrected chi connectivity index (χ4v) is 2.47. The SMILES string of the molecule is CCCCCNC(=O)CCNCCc1ccc(Cl)cc1Cl. The van der Waals surface area contributed by atoms with E-state index in [-0.39, 0.29) is 5.91 Å². The normalized spacial score (nSPS) is 10.6. The van der Waals surface area contributed by atoms with Crippen LogP contribution in [-0.4, -0.2) is 25.5 Å². The minimum absolute atomic E-state index is 0.114. The van der Waals surface area contributed by atoms with Crippen molar-refractivity contribution < 1.29 is 4.79 Å². The van der Waals surface area contributed by atoms with E-state index in [1.54, 1.807) is 6.07 Å². The smallest absolute Gasteiger partial charge is 0.221 e. The minimum atomic E-state index is 0.114. The first kappa shape index (κ1) is 18.3. The van der Waals surface area contributed by atoms with E-state index in [1.807, 2.05) is 12.1 Å². The molecule has 0 unspecified atom stereocenters. The van der Waals surface area contributed by atoms with Crippen LogP contribution in [0.25, 0.3) is 0 Å². The maximum Gasteiger partial charge on any atom is 0.221 e. The third-order valence-electron chi connectivity index (χ3n) is 3.22. The number of hydrogen-bond acceptors (Lipinski definition) is 2. The van der Waals surface area contributed by atoms with Gasteiger partial charge in [0.1, 0.15) is 0 Å². The highest BCUT2D eigenvalue weighted by molar-refractivity contribution is 6.35. The summed E-state index contributed by atoms with van der Waals surface area (Å²) in [5.41, 5.74) is 1.07. The molecule has 0 fully saturated rings. The molecular formula is C16H24Cl2N2O. The highest BCUT2D eigenvalue weighted by Crippen LogP contribution is 2.20. The van der Waals surface area contributed by atoms with E-state index in [2.05, 4.69) is 17.6 Å². The summed E-state index contributed by atoms with van der Waals surface area (Å²) in [6.07, 6.45) is 4.74. The molecule has 0 aliphatic rings. The van der Waals surface area contributed by atoms with Crippen molar-refractivity contribution in [2.24, 2.45) is 0 Å². The first-order valence-electron chi connectivity index (χ1n) is 7.54. The molecule has 2 N–H and O–H groups in total. The zero-order valence-corrected chi connectivity index (χ0v) is 14.1. The fourth-order valence-electron chi connectivity index (χ4n) is 1.97. The lowest BCUT2D eigenvalue weighted by molar-refractivity contribution is -0.121. The number of nitrogens with one attached hydrogen (secondary N) is 2. The molecule has 0 spiro atoms. The van der Waals surface area contributed by atoms with Crippen molar-refractivity contribution in [1.29, 1.82) is 0 Å². The van der Waals surface area contributed by atoms with Crippen LogP contribution in [0.4, 0.5) is 0 Å². The van der Waals surface area contributed by atoms with Gasteiger partial charge in [-0.25, -0.2) is 0 Å². The highest BCUT2D eigenvalue weighted by Gasteiger charge is 2.02. The van der Waals surface area contributed by atoms with Gasteiger partial charge in [0, 0.05) is 29.6 Å². The van der Waals surface area contributed by atoms with Crippen LogP contribution in [-0.2, 0) is 11.2 Å². The van der Waals surface area contributed by atoms with Gasteiger partial charge in [0.2, 0.25) is 5.91 Å². The summed E-state index contributed by atoms with van der Waals surface area (Å²) in [6.45, 7) is 4.42. The molecule has 3 nitrogen and oxygen atoms in total. The van der Waals surface area contributed by atoms with Crippen LogP contribution < -0.4 is 10.6 Å². The van der Waals surface area contributed by atoms with Crippen LogP contribution in [0.1, 0.15) is 38.2 Å². The van der Waals surface area contributed by atoms with Crippen LogP contribution in [0.3, 0.4) is 0 Å². The van der Waals surface area contributed by atoms with Crippen molar-refractivity contribution in [3.05, 3.63) is 33.8 Å². The summed E-state index contributed by atoms with van der Waals surface area (Å²) in [7, 11) is 0. The first-order chi connectivity index (χ1) is 10.1. The van der Waals surface area contributed by atoms with Crippen molar-refractivity contribution in [2.75, 3.05) is 19.6 Å². The number of hydrogen-bond donors (Lipinski definition) is 2.